The van der Waals surface area contributed by atoms with Crippen molar-refractivity contribution in [1.29, 1.82) is 0 Å². The van der Waals surface area contributed by atoms with Crippen LogP contribution in [0.5, 0.6) is 0 Å². The van der Waals surface area contributed by atoms with Crippen LogP contribution in [0.15, 0.2) is 0 Å². The van der Waals surface area contributed by atoms with E-state index in [-0.39, 0.29) is 24.3 Å². The molecule has 3 atom stereocenters. The highest BCUT2D eigenvalue weighted by molar-refractivity contribution is 5.74. The molecule has 0 bridgehead atoms. The van der Waals surface area contributed by atoms with Crippen LogP contribution >= 0.6 is 0 Å². The van der Waals surface area contributed by atoms with Crippen molar-refractivity contribution in [3.05, 3.63) is 0 Å². The lowest BCUT2D eigenvalue weighted by atomic mass is 9.92. The van der Waals surface area contributed by atoms with E-state index in [2.05, 4.69) is 10.6 Å². The topological polar surface area (TPSA) is 70.6 Å². The molecule has 0 aliphatic heterocycles. The molecule has 3 N–H and O–H groups in total. The summed E-state index contributed by atoms with van der Waals surface area (Å²) in [4.78, 5) is 11.7. The molecule has 0 radical (unpaired) electrons. The molecular formula is C13H24N2O3. The highest BCUT2D eigenvalue weighted by atomic mass is 16.5. The van der Waals surface area contributed by atoms with E-state index in [1.165, 1.54) is 6.42 Å². The molecule has 2 rings (SSSR count). The van der Waals surface area contributed by atoms with Crippen molar-refractivity contribution in [3.63, 3.8) is 0 Å². The maximum atomic E-state index is 11.7. The quantitative estimate of drug-likeness (QED) is 0.687. The van der Waals surface area contributed by atoms with Crippen molar-refractivity contribution in [2.45, 2.75) is 56.8 Å². The Balaban J connectivity index is 1.68. The highest BCUT2D eigenvalue weighted by Crippen LogP contribution is 2.32. The van der Waals surface area contributed by atoms with E-state index < -0.39 is 0 Å². The lowest BCUT2D eigenvalue weighted by Gasteiger charge is -2.31. The van der Waals surface area contributed by atoms with Crippen LogP contribution in [0.1, 0.15) is 38.5 Å². The van der Waals surface area contributed by atoms with Crippen LogP contribution in [-0.2, 0) is 4.74 Å². The SMILES string of the molecule is CO[C@@H]1CCCC[C@H]1NC(=O)NC[C@H](O)C1CC1. The summed E-state index contributed by atoms with van der Waals surface area (Å²) in [5.41, 5.74) is 0. The van der Waals surface area contributed by atoms with E-state index >= 15 is 0 Å². The molecule has 0 aromatic rings. The van der Waals surface area contributed by atoms with Crippen molar-refractivity contribution >= 4 is 6.03 Å². The van der Waals surface area contributed by atoms with E-state index in [4.69, 9.17) is 4.74 Å². The average molecular weight is 256 g/mol. The first-order valence-corrected chi connectivity index (χ1v) is 6.96. The second-order valence-electron chi connectivity index (χ2n) is 5.42. The fraction of sp³-hybridized carbons (Fsp3) is 0.923. The molecule has 0 aromatic heterocycles. The molecule has 5 nitrogen and oxygen atoms in total. The largest absolute Gasteiger partial charge is 0.391 e. The zero-order valence-electron chi connectivity index (χ0n) is 11.0. The van der Waals surface area contributed by atoms with Gasteiger partial charge in [0, 0.05) is 13.7 Å². The summed E-state index contributed by atoms with van der Waals surface area (Å²) in [6, 6.07) is -0.0922. The van der Waals surface area contributed by atoms with Gasteiger partial charge in [-0.2, -0.15) is 0 Å². The van der Waals surface area contributed by atoms with E-state index in [1.54, 1.807) is 7.11 Å². The standard InChI is InChI=1S/C13H24N2O3/c1-18-12-5-3-2-4-10(12)15-13(17)14-8-11(16)9-6-7-9/h9-12,16H,2-8H2,1H3,(H2,14,15,17)/t10-,11+,12-/m1/s1. The molecule has 0 aromatic carbocycles. The summed E-state index contributed by atoms with van der Waals surface area (Å²) < 4.78 is 5.39. The second kappa shape index (κ2) is 6.38. The Kier molecular flexibility index (Phi) is 4.83. The van der Waals surface area contributed by atoms with Crippen LogP contribution in [0.4, 0.5) is 4.79 Å². The molecule has 0 unspecified atom stereocenters. The van der Waals surface area contributed by atoms with Crippen LogP contribution < -0.4 is 10.6 Å². The zero-order valence-corrected chi connectivity index (χ0v) is 11.0. The number of ether oxygens (including phenoxy) is 1. The predicted octanol–water partition coefficient (Wildman–Crippen LogP) is 1.01. The van der Waals surface area contributed by atoms with Gasteiger partial charge in [0.2, 0.25) is 0 Å². The van der Waals surface area contributed by atoms with Crippen molar-refractivity contribution in [1.82, 2.24) is 10.6 Å². The van der Waals surface area contributed by atoms with Gasteiger partial charge in [-0.1, -0.05) is 12.8 Å². The van der Waals surface area contributed by atoms with Gasteiger partial charge in [-0.3, -0.25) is 0 Å². The van der Waals surface area contributed by atoms with E-state index in [1.807, 2.05) is 0 Å². The van der Waals surface area contributed by atoms with Gasteiger partial charge in [0.1, 0.15) is 0 Å². The Morgan fingerprint density at radius 1 is 1.33 bits per heavy atom. The Morgan fingerprint density at radius 3 is 2.72 bits per heavy atom. The van der Waals surface area contributed by atoms with Crippen LogP contribution in [0.2, 0.25) is 0 Å². The minimum absolute atomic E-state index is 0.0989. The summed E-state index contributed by atoms with van der Waals surface area (Å²) in [5.74, 6) is 0.395. The number of urea groups is 1. The van der Waals surface area contributed by atoms with Crippen LogP contribution in [0.3, 0.4) is 0 Å². The second-order valence-corrected chi connectivity index (χ2v) is 5.42. The van der Waals surface area contributed by atoms with Gasteiger partial charge in [0.15, 0.2) is 0 Å². The minimum Gasteiger partial charge on any atom is -0.391 e. The predicted molar refractivity (Wildman–Crippen MR) is 68.3 cm³/mol. The lowest BCUT2D eigenvalue weighted by Crippen LogP contribution is -2.50. The third-order valence-corrected chi connectivity index (χ3v) is 3.96. The number of hydrogen-bond donors (Lipinski definition) is 3. The molecule has 0 spiro atoms. The number of rotatable bonds is 5. The molecule has 104 valence electrons. The Labute approximate surface area is 108 Å². The number of aliphatic hydroxyl groups excluding tert-OH is 1. The molecule has 2 amide bonds. The van der Waals surface area contributed by atoms with Gasteiger partial charge in [-0.05, 0) is 31.6 Å². The summed E-state index contributed by atoms with van der Waals surface area (Å²) in [6.07, 6.45) is 6.17. The fourth-order valence-corrected chi connectivity index (χ4v) is 2.61. The van der Waals surface area contributed by atoms with E-state index in [9.17, 15) is 9.90 Å². The van der Waals surface area contributed by atoms with E-state index in [0.717, 1.165) is 32.1 Å². The third-order valence-electron chi connectivity index (χ3n) is 3.96. The number of aliphatic hydroxyl groups is 1. The molecule has 0 heterocycles. The first kappa shape index (κ1) is 13.6. The molecule has 2 aliphatic rings. The van der Waals surface area contributed by atoms with Crippen molar-refractivity contribution in [2.75, 3.05) is 13.7 Å². The first-order chi connectivity index (χ1) is 8.70. The van der Waals surface area contributed by atoms with Gasteiger partial charge < -0.3 is 20.5 Å². The molecule has 5 heteroatoms. The normalized spacial score (nSPS) is 29.7. The molecule has 0 saturated heterocycles. The summed E-state index contributed by atoms with van der Waals surface area (Å²) >= 11 is 0. The number of nitrogens with one attached hydrogen (secondary N) is 2. The summed E-state index contributed by atoms with van der Waals surface area (Å²) in [5, 5.41) is 15.4. The third kappa shape index (κ3) is 3.85. The maximum absolute atomic E-state index is 11.7. The van der Waals surface area contributed by atoms with Crippen molar-refractivity contribution in [3.8, 4) is 0 Å². The van der Waals surface area contributed by atoms with Crippen molar-refractivity contribution in [2.24, 2.45) is 5.92 Å². The Morgan fingerprint density at radius 2 is 2.06 bits per heavy atom. The minimum atomic E-state index is -0.389. The average Bonchev–Trinajstić information content (AvgIpc) is 3.21. The van der Waals surface area contributed by atoms with Gasteiger partial charge >= 0.3 is 6.03 Å². The van der Waals surface area contributed by atoms with Gasteiger partial charge in [0.05, 0.1) is 18.2 Å². The fourth-order valence-electron chi connectivity index (χ4n) is 2.61. The van der Waals surface area contributed by atoms with Crippen LogP contribution in [0, 0.1) is 5.92 Å². The maximum Gasteiger partial charge on any atom is 0.315 e. The van der Waals surface area contributed by atoms with Crippen LogP contribution in [0.25, 0.3) is 0 Å². The number of hydrogen-bond acceptors (Lipinski definition) is 3. The molecule has 2 fully saturated rings. The lowest BCUT2D eigenvalue weighted by molar-refractivity contribution is 0.0449. The number of carbonyl (C=O) groups excluding carboxylic acids is 1. The highest BCUT2D eigenvalue weighted by Gasteiger charge is 2.30. The number of carbonyl (C=O) groups is 1. The molecular weight excluding hydrogens is 232 g/mol. The zero-order chi connectivity index (χ0) is 13.0. The van der Waals surface area contributed by atoms with Gasteiger partial charge in [-0.15, -0.1) is 0 Å². The summed E-state index contributed by atoms with van der Waals surface area (Å²) in [6.45, 7) is 0.348. The van der Waals surface area contributed by atoms with Crippen molar-refractivity contribution < 1.29 is 14.6 Å². The number of amides is 2. The van der Waals surface area contributed by atoms with Gasteiger partial charge in [-0.25, -0.2) is 4.79 Å². The van der Waals surface area contributed by atoms with E-state index in [0.29, 0.717) is 12.5 Å². The number of methoxy groups -OCH3 is 1. The van der Waals surface area contributed by atoms with Gasteiger partial charge in [0.25, 0.3) is 0 Å². The molecule has 2 saturated carbocycles. The summed E-state index contributed by atoms with van der Waals surface area (Å²) in [7, 11) is 1.69. The monoisotopic (exact) mass is 256 g/mol. The smallest absolute Gasteiger partial charge is 0.315 e. The Bertz CT molecular complexity index is 281. The molecule has 2 aliphatic carbocycles. The van der Waals surface area contributed by atoms with Crippen LogP contribution in [-0.4, -0.2) is 43.0 Å². The Hall–Kier alpha value is -0.810. The molecule has 18 heavy (non-hydrogen) atoms. The first-order valence-electron chi connectivity index (χ1n) is 6.96.